The average molecular weight is 321 g/mol. The van der Waals surface area contributed by atoms with Crippen LogP contribution in [-0.2, 0) is 13.1 Å². The summed E-state index contributed by atoms with van der Waals surface area (Å²) in [7, 11) is 0. The van der Waals surface area contributed by atoms with Crippen molar-refractivity contribution in [1.29, 1.82) is 0 Å². The number of hydrogen-bond donors (Lipinski definition) is 0. The Hall–Kier alpha value is -1.69. The van der Waals surface area contributed by atoms with E-state index in [0.29, 0.717) is 18.7 Å². The third-order valence-corrected chi connectivity index (χ3v) is 3.67. The molecule has 0 saturated carbocycles. The number of halogens is 1. The maximum Gasteiger partial charge on any atom is 0.254 e. The van der Waals surface area contributed by atoms with Crippen molar-refractivity contribution < 1.29 is 4.79 Å². The maximum absolute atomic E-state index is 12.5. The molecule has 1 aromatic heterocycles. The van der Waals surface area contributed by atoms with E-state index in [0.717, 1.165) is 22.4 Å². The number of aryl methyl sites for hydroxylation is 1. The SMILES string of the molecule is Cc1cc(Br)cc(C(=O)N2CCn3cnnc3C2)c1. The lowest BCUT2D eigenvalue weighted by Crippen LogP contribution is -2.38. The number of benzene rings is 1. The molecule has 5 nitrogen and oxygen atoms in total. The zero-order valence-corrected chi connectivity index (χ0v) is 12.1. The third kappa shape index (κ3) is 2.40. The van der Waals surface area contributed by atoms with Gasteiger partial charge in [-0.25, -0.2) is 0 Å². The van der Waals surface area contributed by atoms with Gasteiger partial charge in [-0.15, -0.1) is 10.2 Å². The van der Waals surface area contributed by atoms with Gasteiger partial charge in [0, 0.05) is 23.1 Å². The number of nitrogens with zero attached hydrogens (tertiary/aromatic N) is 4. The number of hydrogen-bond acceptors (Lipinski definition) is 3. The van der Waals surface area contributed by atoms with Crippen LogP contribution in [0.5, 0.6) is 0 Å². The van der Waals surface area contributed by atoms with Gasteiger partial charge < -0.3 is 9.47 Å². The normalized spacial score (nSPS) is 14.3. The molecule has 3 rings (SSSR count). The Kier molecular flexibility index (Phi) is 3.10. The van der Waals surface area contributed by atoms with E-state index in [2.05, 4.69) is 26.1 Å². The molecule has 0 fully saturated rings. The van der Waals surface area contributed by atoms with Gasteiger partial charge in [0.1, 0.15) is 6.33 Å². The van der Waals surface area contributed by atoms with Crippen LogP contribution in [0.4, 0.5) is 0 Å². The fraction of sp³-hybridized carbons (Fsp3) is 0.308. The summed E-state index contributed by atoms with van der Waals surface area (Å²) in [6, 6.07) is 5.75. The highest BCUT2D eigenvalue weighted by atomic mass is 79.9. The van der Waals surface area contributed by atoms with Crippen molar-refractivity contribution >= 4 is 21.8 Å². The first kappa shape index (κ1) is 12.3. The number of fused-ring (bicyclic) bond motifs is 1. The molecule has 1 aliphatic rings. The summed E-state index contributed by atoms with van der Waals surface area (Å²) in [6.07, 6.45) is 1.71. The van der Waals surface area contributed by atoms with Crippen molar-refractivity contribution in [2.45, 2.75) is 20.0 Å². The van der Waals surface area contributed by atoms with Crippen LogP contribution in [0, 0.1) is 6.92 Å². The van der Waals surface area contributed by atoms with Crippen LogP contribution in [0.1, 0.15) is 21.7 Å². The molecule has 0 N–H and O–H groups in total. The van der Waals surface area contributed by atoms with Gasteiger partial charge >= 0.3 is 0 Å². The van der Waals surface area contributed by atoms with Crippen LogP contribution in [0.25, 0.3) is 0 Å². The van der Waals surface area contributed by atoms with E-state index in [-0.39, 0.29) is 5.91 Å². The molecule has 0 aliphatic carbocycles. The summed E-state index contributed by atoms with van der Waals surface area (Å²) >= 11 is 3.43. The summed E-state index contributed by atoms with van der Waals surface area (Å²) < 4.78 is 2.91. The predicted molar refractivity (Wildman–Crippen MR) is 73.6 cm³/mol. The Morgan fingerprint density at radius 3 is 2.95 bits per heavy atom. The molecule has 0 atom stereocenters. The van der Waals surface area contributed by atoms with E-state index in [1.54, 1.807) is 6.33 Å². The number of rotatable bonds is 1. The van der Waals surface area contributed by atoms with Crippen molar-refractivity contribution in [3.8, 4) is 0 Å². The highest BCUT2D eigenvalue weighted by molar-refractivity contribution is 9.10. The van der Waals surface area contributed by atoms with Gasteiger partial charge in [0.05, 0.1) is 6.54 Å². The van der Waals surface area contributed by atoms with Crippen LogP contribution in [0.15, 0.2) is 29.0 Å². The molecule has 0 radical (unpaired) electrons. The second kappa shape index (κ2) is 4.77. The van der Waals surface area contributed by atoms with Crippen molar-refractivity contribution in [2.75, 3.05) is 6.54 Å². The summed E-state index contributed by atoms with van der Waals surface area (Å²) in [4.78, 5) is 14.3. The van der Waals surface area contributed by atoms with Gasteiger partial charge in [-0.2, -0.15) is 0 Å². The minimum absolute atomic E-state index is 0.0404. The average Bonchev–Trinajstić information content (AvgIpc) is 2.83. The molecular weight excluding hydrogens is 308 g/mol. The van der Waals surface area contributed by atoms with Crippen LogP contribution in [-0.4, -0.2) is 32.1 Å². The molecule has 6 heteroatoms. The van der Waals surface area contributed by atoms with E-state index in [4.69, 9.17) is 0 Å². The molecular formula is C13H13BrN4O. The Morgan fingerprint density at radius 1 is 1.32 bits per heavy atom. The highest BCUT2D eigenvalue weighted by Gasteiger charge is 2.23. The molecule has 0 bridgehead atoms. The van der Waals surface area contributed by atoms with E-state index in [9.17, 15) is 4.79 Å². The number of carbonyl (C=O) groups is 1. The van der Waals surface area contributed by atoms with Gasteiger partial charge in [0.2, 0.25) is 0 Å². The number of carbonyl (C=O) groups excluding carboxylic acids is 1. The maximum atomic E-state index is 12.5. The number of amides is 1. The molecule has 2 heterocycles. The van der Waals surface area contributed by atoms with Crippen LogP contribution < -0.4 is 0 Å². The fourth-order valence-corrected chi connectivity index (χ4v) is 2.89. The van der Waals surface area contributed by atoms with E-state index in [1.165, 1.54) is 0 Å². The molecule has 19 heavy (non-hydrogen) atoms. The van der Waals surface area contributed by atoms with Crippen molar-refractivity contribution in [1.82, 2.24) is 19.7 Å². The zero-order valence-electron chi connectivity index (χ0n) is 10.5. The lowest BCUT2D eigenvalue weighted by Gasteiger charge is -2.27. The Labute approximate surface area is 119 Å². The van der Waals surface area contributed by atoms with Gasteiger partial charge in [0.25, 0.3) is 5.91 Å². The van der Waals surface area contributed by atoms with Crippen molar-refractivity contribution in [2.24, 2.45) is 0 Å². The standard InChI is InChI=1S/C13H13BrN4O/c1-9-4-10(6-11(14)5-9)13(19)17-2-3-18-8-15-16-12(18)7-17/h4-6,8H,2-3,7H2,1H3. The molecule has 2 aromatic rings. The van der Waals surface area contributed by atoms with Crippen LogP contribution >= 0.6 is 15.9 Å². The van der Waals surface area contributed by atoms with Crippen LogP contribution in [0.3, 0.4) is 0 Å². The molecule has 0 saturated heterocycles. The van der Waals surface area contributed by atoms with E-state index >= 15 is 0 Å². The Balaban J connectivity index is 1.85. The van der Waals surface area contributed by atoms with E-state index < -0.39 is 0 Å². The zero-order chi connectivity index (χ0) is 13.4. The fourth-order valence-electron chi connectivity index (χ4n) is 2.28. The minimum atomic E-state index is 0.0404. The summed E-state index contributed by atoms with van der Waals surface area (Å²) in [6.45, 7) is 3.94. The Morgan fingerprint density at radius 2 is 2.16 bits per heavy atom. The van der Waals surface area contributed by atoms with Gasteiger partial charge in [-0.1, -0.05) is 15.9 Å². The second-order valence-electron chi connectivity index (χ2n) is 4.68. The molecule has 98 valence electrons. The largest absolute Gasteiger partial charge is 0.329 e. The highest BCUT2D eigenvalue weighted by Crippen LogP contribution is 2.19. The van der Waals surface area contributed by atoms with Gasteiger partial charge in [-0.3, -0.25) is 4.79 Å². The monoisotopic (exact) mass is 320 g/mol. The van der Waals surface area contributed by atoms with Gasteiger partial charge in [0.15, 0.2) is 5.82 Å². The molecule has 0 spiro atoms. The first-order valence-corrected chi connectivity index (χ1v) is 6.86. The minimum Gasteiger partial charge on any atom is -0.329 e. The summed E-state index contributed by atoms with van der Waals surface area (Å²) in [5.74, 6) is 0.880. The van der Waals surface area contributed by atoms with Crippen molar-refractivity contribution in [3.63, 3.8) is 0 Å². The number of aromatic nitrogens is 3. The lowest BCUT2D eigenvalue weighted by atomic mass is 10.1. The van der Waals surface area contributed by atoms with Crippen LogP contribution in [0.2, 0.25) is 0 Å². The Bertz CT molecular complexity index is 617. The van der Waals surface area contributed by atoms with Gasteiger partial charge in [-0.05, 0) is 30.7 Å². The second-order valence-corrected chi connectivity index (χ2v) is 5.60. The first-order chi connectivity index (χ1) is 9.13. The molecule has 1 aliphatic heterocycles. The quantitative estimate of drug-likeness (QED) is 0.807. The predicted octanol–water partition coefficient (Wildman–Crippen LogP) is 2.01. The first-order valence-electron chi connectivity index (χ1n) is 6.06. The third-order valence-electron chi connectivity index (χ3n) is 3.22. The lowest BCUT2D eigenvalue weighted by molar-refractivity contribution is 0.0707. The molecule has 0 unspecified atom stereocenters. The summed E-state index contributed by atoms with van der Waals surface area (Å²) in [5.41, 5.74) is 1.78. The summed E-state index contributed by atoms with van der Waals surface area (Å²) in [5, 5.41) is 7.89. The smallest absolute Gasteiger partial charge is 0.254 e. The molecule has 1 aromatic carbocycles. The topological polar surface area (TPSA) is 51.0 Å². The van der Waals surface area contributed by atoms with Crippen molar-refractivity contribution in [3.05, 3.63) is 46.0 Å². The van der Waals surface area contributed by atoms with E-state index in [1.807, 2.05) is 34.6 Å². The molecule has 1 amide bonds.